The second-order valence-electron chi connectivity index (χ2n) is 6.96. The van der Waals surface area contributed by atoms with Crippen molar-refractivity contribution in [3.05, 3.63) is 35.6 Å². The lowest BCUT2D eigenvalue weighted by molar-refractivity contribution is -0.132. The number of piperidine rings is 1. The van der Waals surface area contributed by atoms with Crippen LogP contribution in [-0.4, -0.2) is 61.5 Å². The van der Waals surface area contributed by atoms with Gasteiger partial charge in [0.25, 0.3) is 0 Å². The maximum absolute atomic E-state index is 13.8. The predicted molar refractivity (Wildman–Crippen MR) is 93.3 cm³/mol. The Bertz CT molecular complexity index is 537. The van der Waals surface area contributed by atoms with Crippen LogP contribution in [0.3, 0.4) is 0 Å². The molecule has 1 aromatic rings. The first-order chi connectivity index (χ1) is 11.7. The third-order valence-corrected chi connectivity index (χ3v) is 5.29. The van der Waals surface area contributed by atoms with Gasteiger partial charge in [-0.05, 0) is 49.9 Å². The van der Waals surface area contributed by atoms with Crippen LogP contribution in [0.25, 0.3) is 0 Å². The summed E-state index contributed by atoms with van der Waals surface area (Å²) in [5.41, 5.74) is 0.838. The van der Waals surface area contributed by atoms with Crippen molar-refractivity contribution < 1.29 is 9.18 Å². The molecule has 2 heterocycles. The van der Waals surface area contributed by atoms with E-state index in [1.165, 1.54) is 0 Å². The summed E-state index contributed by atoms with van der Waals surface area (Å²) in [5.74, 6) is 0.758. The third kappa shape index (κ3) is 4.77. The van der Waals surface area contributed by atoms with Crippen molar-refractivity contribution in [3.63, 3.8) is 0 Å². The minimum Gasteiger partial charge on any atom is -0.340 e. The number of halogens is 1. The highest BCUT2D eigenvalue weighted by Gasteiger charge is 2.22. The van der Waals surface area contributed by atoms with Gasteiger partial charge in [0.2, 0.25) is 5.91 Å². The van der Waals surface area contributed by atoms with E-state index in [1.54, 1.807) is 12.1 Å². The molecule has 24 heavy (non-hydrogen) atoms. The number of benzene rings is 1. The number of carbonyl (C=O) groups is 1. The fraction of sp³-hybridized carbons (Fsp3) is 0.632. The molecule has 132 valence electrons. The lowest BCUT2D eigenvalue weighted by Crippen LogP contribution is -2.47. The van der Waals surface area contributed by atoms with E-state index in [9.17, 15) is 9.18 Å². The van der Waals surface area contributed by atoms with Crippen LogP contribution in [0.1, 0.15) is 24.8 Å². The molecule has 1 aromatic carbocycles. The Hall–Kier alpha value is -1.46. The Morgan fingerprint density at radius 3 is 2.54 bits per heavy atom. The van der Waals surface area contributed by atoms with Gasteiger partial charge in [-0.2, -0.15) is 0 Å². The standard InChI is InChI=1S/C19H28FN3O/c20-18-4-2-1-3-17(18)15-16-5-10-22(11-6-16)12-7-19(24)23-13-8-21-9-14-23/h1-4,16,21H,5-15H2. The smallest absolute Gasteiger partial charge is 0.223 e. The van der Waals surface area contributed by atoms with Gasteiger partial charge in [0.15, 0.2) is 0 Å². The molecular formula is C19H28FN3O. The van der Waals surface area contributed by atoms with E-state index in [0.717, 1.165) is 70.6 Å². The molecule has 0 spiro atoms. The molecule has 2 fully saturated rings. The predicted octanol–water partition coefficient (Wildman–Crippen LogP) is 1.90. The number of carbonyl (C=O) groups excluding carboxylic acids is 1. The summed E-state index contributed by atoms with van der Waals surface area (Å²) >= 11 is 0. The first-order valence-electron chi connectivity index (χ1n) is 9.16. The fourth-order valence-electron chi connectivity index (χ4n) is 3.72. The van der Waals surface area contributed by atoms with Crippen molar-refractivity contribution in [2.75, 3.05) is 45.8 Å². The first-order valence-corrected chi connectivity index (χ1v) is 9.16. The minimum atomic E-state index is -0.0819. The van der Waals surface area contributed by atoms with Crippen LogP contribution in [0, 0.1) is 11.7 Å². The molecule has 0 aromatic heterocycles. The van der Waals surface area contributed by atoms with Crippen molar-refractivity contribution in [1.82, 2.24) is 15.1 Å². The third-order valence-electron chi connectivity index (χ3n) is 5.29. The molecule has 0 unspecified atom stereocenters. The summed E-state index contributed by atoms with van der Waals surface area (Å²) in [4.78, 5) is 16.6. The highest BCUT2D eigenvalue weighted by Crippen LogP contribution is 2.23. The van der Waals surface area contributed by atoms with Gasteiger partial charge in [-0.3, -0.25) is 4.79 Å². The summed E-state index contributed by atoms with van der Waals surface area (Å²) in [6, 6.07) is 7.10. The van der Waals surface area contributed by atoms with Gasteiger partial charge < -0.3 is 15.1 Å². The van der Waals surface area contributed by atoms with E-state index >= 15 is 0 Å². The molecule has 5 heteroatoms. The number of amides is 1. The largest absolute Gasteiger partial charge is 0.340 e. The monoisotopic (exact) mass is 333 g/mol. The van der Waals surface area contributed by atoms with Crippen molar-refractivity contribution in [3.8, 4) is 0 Å². The van der Waals surface area contributed by atoms with Crippen LogP contribution in [0.15, 0.2) is 24.3 Å². The van der Waals surface area contributed by atoms with Crippen LogP contribution in [-0.2, 0) is 11.2 Å². The molecule has 2 aliphatic rings. The summed E-state index contributed by atoms with van der Waals surface area (Å²) in [6.45, 7) is 6.39. The highest BCUT2D eigenvalue weighted by atomic mass is 19.1. The lowest BCUT2D eigenvalue weighted by atomic mass is 9.90. The second-order valence-corrected chi connectivity index (χ2v) is 6.96. The summed E-state index contributed by atoms with van der Waals surface area (Å²) in [7, 11) is 0. The summed E-state index contributed by atoms with van der Waals surface area (Å²) < 4.78 is 13.8. The molecule has 0 radical (unpaired) electrons. The molecule has 2 aliphatic heterocycles. The van der Waals surface area contributed by atoms with Crippen LogP contribution in [0.4, 0.5) is 4.39 Å². The Balaban J connectivity index is 1.37. The van der Waals surface area contributed by atoms with E-state index in [2.05, 4.69) is 10.2 Å². The second kappa shape index (κ2) is 8.58. The maximum Gasteiger partial charge on any atom is 0.223 e. The number of likely N-dealkylation sites (tertiary alicyclic amines) is 1. The molecule has 3 rings (SSSR count). The number of rotatable bonds is 5. The number of piperazine rings is 1. The van der Waals surface area contributed by atoms with Crippen LogP contribution < -0.4 is 5.32 Å². The van der Waals surface area contributed by atoms with Gasteiger partial charge in [-0.25, -0.2) is 4.39 Å². The fourth-order valence-corrected chi connectivity index (χ4v) is 3.72. The molecule has 2 saturated heterocycles. The van der Waals surface area contributed by atoms with E-state index in [0.29, 0.717) is 12.3 Å². The van der Waals surface area contributed by atoms with Gasteiger partial charge in [-0.1, -0.05) is 18.2 Å². The molecule has 0 aliphatic carbocycles. The van der Waals surface area contributed by atoms with E-state index in [1.807, 2.05) is 17.0 Å². The number of hydrogen-bond acceptors (Lipinski definition) is 3. The topological polar surface area (TPSA) is 35.6 Å². The molecule has 0 bridgehead atoms. The van der Waals surface area contributed by atoms with Gasteiger partial charge >= 0.3 is 0 Å². The SMILES string of the molecule is O=C(CCN1CCC(Cc2ccccc2F)CC1)N1CCNCC1. The zero-order valence-corrected chi connectivity index (χ0v) is 14.3. The number of nitrogens with zero attached hydrogens (tertiary/aromatic N) is 2. The maximum atomic E-state index is 13.8. The Kier molecular flexibility index (Phi) is 6.21. The molecule has 1 amide bonds. The lowest BCUT2D eigenvalue weighted by Gasteiger charge is -2.33. The quantitative estimate of drug-likeness (QED) is 0.894. The highest BCUT2D eigenvalue weighted by molar-refractivity contribution is 5.76. The first kappa shape index (κ1) is 17.4. The zero-order valence-electron chi connectivity index (χ0n) is 14.3. The van der Waals surface area contributed by atoms with Crippen LogP contribution in [0.5, 0.6) is 0 Å². The Morgan fingerprint density at radius 2 is 1.83 bits per heavy atom. The minimum absolute atomic E-state index is 0.0819. The van der Waals surface area contributed by atoms with Gasteiger partial charge in [-0.15, -0.1) is 0 Å². The molecule has 0 atom stereocenters. The average Bonchev–Trinajstić information content (AvgIpc) is 2.63. The Morgan fingerprint density at radius 1 is 1.12 bits per heavy atom. The van der Waals surface area contributed by atoms with Crippen molar-refractivity contribution in [2.45, 2.75) is 25.7 Å². The van der Waals surface area contributed by atoms with Gasteiger partial charge in [0.1, 0.15) is 5.82 Å². The van der Waals surface area contributed by atoms with E-state index < -0.39 is 0 Å². The van der Waals surface area contributed by atoms with E-state index in [-0.39, 0.29) is 11.7 Å². The summed E-state index contributed by atoms with van der Waals surface area (Å²) in [6.07, 6.45) is 3.64. The van der Waals surface area contributed by atoms with Crippen molar-refractivity contribution >= 4 is 5.91 Å². The zero-order chi connectivity index (χ0) is 16.8. The van der Waals surface area contributed by atoms with Gasteiger partial charge in [0, 0.05) is 39.1 Å². The van der Waals surface area contributed by atoms with Crippen LogP contribution >= 0.6 is 0 Å². The summed E-state index contributed by atoms with van der Waals surface area (Å²) in [5, 5.41) is 3.27. The van der Waals surface area contributed by atoms with E-state index in [4.69, 9.17) is 0 Å². The Labute approximate surface area is 144 Å². The average molecular weight is 333 g/mol. The van der Waals surface area contributed by atoms with Crippen molar-refractivity contribution in [2.24, 2.45) is 5.92 Å². The molecule has 4 nitrogen and oxygen atoms in total. The number of nitrogens with one attached hydrogen (secondary N) is 1. The molecular weight excluding hydrogens is 305 g/mol. The van der Waals surface area contributed by atoms with Crippen molar-refractivity contribution in [1.29, 1.82) is 0 Å². The van der Waals surface area contributed by atoms with Crippen LogP contribution in [0.2, 0.25) is 0 Å². The normalized spacial score (nSPS) is 20.3. The molecule has 0 saturated carbocycles. The molecule has 1 N–H and O–H groups in total. The van der Waals surface area contributed by atoms with Gasteiger partial charge in [0.05, 0.1) is 0 Å². The number of hydrogen-bond donors (Lipinski definition) is 1.